The van der Waals surface area contributed by atoms with E-state index < -0.39 is 17.5 Å². The van der Waals surface area contributed by atoms with Crippen LogP contribution in [0, 0.1) is 23.5 Å². The highest BCUT2D eigenvalue weighted by atomic mass is 35.5. The van der Waals surface area contributed by atoms with Crippen LogP contribution in [0.5, 0.6) is 0 Å². The van der Waals surface area contributed by atoms with Gasteiger partial charge in [-0.2, -0.15) is 0 Å². The van der Waals surface area contributed by atoms with Gasteiger partial charge in [0.1, 0.15) is 11.6 Å². The Balaban J connectivity index is 1.87. The Hall–Kier alpha value is -2.38. The summed E-state index contributed by atoms with van der Waals surface area (Å²) in [4.78, 5) is 11.5. The van der Waals surface area contributed by atoms with E-state index in [-0.39, 0.29) is 5.56 Å². The summed E-state index contributed by atoms with van der Waals surface area (Å²) in [6, 6.07) is 10.3. The first-order chi connectivity index (χ1) is 10.5. The van der Waals surface area contributed by atoms with Crippen LogP contribution in [-0.4, -0.2) is 12.5 Å². The molecular weight excluding hydrogens is 308 g/mol. The molecule has 1 amide bonds. The second-order valence-electron chi connectivity index (χ2n) is 4.51. The van der Waals surface area contributed by atoms with Gasteiger partial charge in [0.25, 0.3) is 5.91 Å². The molecule has 5 heteroatoms. The fraction of sp³-hybridized carbons (Fsp3) is 0.118. The van der Waals surface area contributed by atoms with Crippen LogP contribution in [0.2, 0.25) is 5.02 Å². The molecule has 0 radical (unpaired) electrons. The summed E-state index contributed by atoms with van der Waals surface area (Å²) in [6.45, 7) is 0.389. The zero-order chi connectivity index (χ0) is 15.9. The summed E-state index contributed by atoms with van der Waals surface area (Å²) in [5, 5.41) is 3.23. The van der Waals surface area contributed by atoms with Gasteiger partial charge in [0.15, 0.2) is 0 Å². The van der Waals surface area contributed by atoms with E-state index in [0.717, 1.165) is 17.7 Å². The van der Waals surface area contributed by atoms with E-state index in [1.54, 1.807) is 6.07 Å². The number of benzene rings is 2. The van der Waals surface area contributed by atoms with Crippen LogP contribution < -0.4 is 5.32 Å². The molecular formula is C17H12ClF2NO. The molecule has 0 atom stereocenters. The second-order valence-corrected chi connectivity index (χ2v) is 4.95. The van der Waals surface area contributed by atoms with E-state index >= 15 is 0 Å². The molecule has 0 saturated carbocycles. The van der Waals surface area contributed by atoms with Crippen molar-refractivity contribution in [2.24, 2.45) is 0 Å². The molecule has 2 aromatic carbocycles. The number of carbonyl (C=O) groups excluding carboxylic acids is 1. The highest BCUT2D eigenvalue weighted by molar-refractivity contribution is 6.30. The van der Waals surface area contributed by atoms with Gasteiger partial charge in [0.2, 0.25) is 0 Å². The molecule has 0 aliphatic carbocycles. The van der Waals surface area contributed by atoms with Crippen LogP contribution >= 0.6 is 11.6 Å². The van der Waals surface area contributed by atoms with Crippen molar-refractivity contribution in [1.29, 1.82) is 0 Å². The summed E-state index contributed by atoms with van der Waals surface area (Å²) in [6.07, 6.45) is 0.610. The SMILES string of the molecule is O=C(C#Cc1ccc(F)cc1F)NCCc1cccc(Cl)c1. The fourth-order valence-corrected chi connectivity index (χ4v) is 1.98. The van der Waals surface area contributed by atoms with E-state index in [1.165, 1.54) is 6.07 Å². The molecule has 0 unspecified atom stereocenters. The zero-order valence-corrected chi connectivity index (χ0v) is 12.3. The Bertz CT molecular complexity index is 750. The molecule has 0 fully saturated rings. The average Bonchev–Trinajstić information content (AvgIpc) is 2.46. The van der Waals surface area contributed by atoms with Gasteiger partial charge >= 0.3 is 0 Å². The Morgan fingerprint density at radius 2 is 2.00 bits per heavy atom. The highest BCUT2D eigenvalue weighted by Crippen LogP contribution is 2.10. The third kappa shape index (κ3) is 4.87. The maximum Gasteiger partial charge on any atom is 0.296 e. The van der Waals surface area contributed by atoms with Crippen LogP contribution in [0.3, 0.4) is 0 Å². The minimum atomic E-state index is -0.792. The van der Waals surface area contributed by atoms with Gasteiger partial charge in [-0.15, -0.1) is 0 Å². The lowest BCUT2D eigenvalue weighted by molar-refractivity contribution is -0.115. The zero-order valence-electron chi connectivity index (χ0n) is 11.5. The standard InChI is InChI=1S/C17H12ClF2NO/c18-14-3-1-2-12(10-14)8-9-21-17(22)7-5-13-4-6-15(19)11-16(13)20/h1-4,6,10-11H,8-9H2,(H,21,22). The van der Waals surface area contributed by atoms with Gasteiger partial charge in [0.05, 0.1) is 5.56 Å². The maximum absolute atomic E-state index is 13.3. The van der Waals surface area contributed by atoms with Crippen LogP contribution in [0.15, 0.2) is 42.5 Å². The van der Waals surface area contributed by atoms with Gasteiger partial charge in [-0.1, -0.05) is 29.7 Å². The van der Waals surface area contributed by atoms with Crippen molar-refractivity contribution < 1.29 is 13.6 Å². The Labute approximate surface area is 132 Å². The molecule has 1 N–H and O–H groups in total. The van der Waals surface area contributed by atoms with E-state index in [2.05, 4.69) is 17.2 Å². The monoisotopic (exact) mass is 319 g/mol. The van der Waals surface area contributed by atoms with Crippen molar-refractivity contribution in [3.63, 3.8) is 0 Å². The Morgan fingerprint density at radius 1 is 1.18 bits per heavy atom. The number of rotatable bonds is 3. The smallest absolute Gasteiger partial charge is 0.296 e. The van der Waals surface area contributed by atoms with E-state index in [1.807, 2.05) is 18.2 Å². The lowest BCUT2D eigenvalue weighted by Gasteiger charge is -2.02. The number of nitrogens with one attached hydrogen (secondary N) is 1. The van der Waals surface area contributed by atoms with Crippen molar-refractivity contribution in [1.82, 2.24) is 5.32 Å². The van der Waals surface area contributed by atoms with E-state index in [4.69, 9.17) is 11.6 Å². The molecule has 0 saturated heterocycles. The Kier molecular flexibility index (Phi) is 5.51. The first-order valence-corrected chi connectivity index (χ1v) is 6.92. The number of hydrogen-bond acceptors (Lipinski definition) is 1. The first kappa shape index (κ1) is 16.0. The molecule has 112 valence electrons. The predicted molar refractivity (Wildman–Crippen MR) is 81.4 cm³/mol. The molecule has 0 aliphatic rings. The number of carbonyl (C=O) groups is 1. The molecule has 0 heterocycles. The lowest BCUT2D eigenvalue weighted by atomic mass is 10.1. The molecule has 2 nitrogen and oxygen atoms in total. The van der Waals surface area contributed by atoms with Crippen LogP contribution in [0.1, 0.15) is 11.1 Å². The molecule has 0 aliphatic heterocycles. The summed E-state index contributed by atoms with van der Waals surface area (Å²) in [5.74, 6) is 2.64. The molecule has 2 rings (SSSR count). The fourth-order valence-electron chi connectivity index (χ4n) is 1.77. The van der Waals surface area contributed by atoms with Crippen molar-refractivity contribution >= 4 is 17.5 Å². The van der Waals surface area contributed by atoms with Gasteiger partial charge in [-0.25, -0.2) is 8.78 Å². The van der Waals surface area contributed by atoms with Crippen LogP contribution in [0.25, 0.3) is 0 Å². The summed E-state index contributed by atoms with van der Waals surface area (Å²) >= 11 is 5.86. The third-order valence-corrected chi connectivity index (χ3v) is 3.07. The van der Waals surface area contributed by atoms with Crippen molar-refractivity contribution in [3.05, 3.63) is 70.2 Å². The summed E-state index contributed by atoms with van der Waals surface area (Å²) < 4.78 is 26.1. The first-order valence-electron chi connectivity index (χ1n) is 6.54. The molecule has 22 heavy (non-hydrogen) atoms. The quantitative estimate of drug-likeness (QED) is 0.864. The summed E-state index contributed by atoms with van der Waals surface area (Å²) in [5.41, 5.74) is 0.969. The van der Waals surface area contributed by atoms with Crippen LogP contribution in [-0.2, 0) is 11.2 Å². The van der Waals surface area contributed by atoms with E-state index in [9.17, 15) is 13.6 Å². The van der Waals surface area contributed by atoms with Gasteiger partial charge in [-0.3, -0.25) is 4.79 Å². The maximum atomic E-state index is 13.3. The summed E-state index contributed by atoms with van der Waals surface area (Å²) in [7, 11) is 0. The minimum Gasteiger partial charge on any atom is -0.345 e. The highest BCUT2D eigenvalue weighted by Gasteiger charge is 2.01. The topological polar surface area (TPSA) is 29.1 Å². The van der Waals surface area contributed by atoms with Gasteiger partial charge in [-0.05, 0) is 36.2 Å². The second kappa shape index (κ2) is 7.58. The number of hydrogen-bond donors (Lipinski definition) is 1. The normalized spacial score (nSPS) is 9.77. The van der Waals surface area contributed by atoms with Gasteiger partial charge < -0.3 is 5.32 Å². The molecule has 0 spiro atoms. The molecule has 2 aromatic rings. The van der Waals surface area contributed by atoms with Crippen molar-refractivity contribution in [2.45, 2.75) is 6.42 Å². The molecule has 0 aromatic heterocycles. The predicted octanol–water partition coefficient (Wildman–Crippen LogP) is 3.33. The Morgan fingerprint density at radius 3 is 2.73 bits per heavy atom. The largest absolute Gasteiger partial charge is 0.345 e. The van der Waals surface area contributed by atoms with E-state index in [0.29, 0.717) is 18.0 Å². The average molecular weight is 320 g/mol. The number of halogens is 3. The third-order valence-electron chi connectivity index (χ3n) is 2.83. The van der Waals surface area contributed by atoms with Gasteiger partial charge in [0, 0.05) is 23.6 Å². The minimum absolute atomic E-state index is 0.0219. The number of amides is 1. The molecule has 0 bridgehead atoms. The van der Waals surface area contributed by atoms with Crippen molar-refractivity contribution in [2.75, 3.05) is 6.54 Å². The van der Waals surface area contributed by atoms with Crippen molar-refractivity contribution in [3.8, 4) is 11.8 Å². The lowest BCUT2D eigenvalue weighted by Crippen LogP contribution is -2.24. The van der Waals surface area contributed by atoms with Crippen LogP contribution in [0.4, 0.5) is 8.78 Å².